The van der Waals surface area contributed by atoms with E-state index in [-0.39, 0.29) is 6.03 Å². The summed E-state index contributed by atoms with van der Waals surface area (Å²) in [4.78, 5) is 21.4. The second-order valence-corrected chi connectivity index (χ2v) is 7.76. The van der Waals surface area contributed by atoms with Crippen molar-refractivity contribution in [2.75, 3.05) is 57.7 Å². The Labute approximate surface area is 179 Å². The average molecular weight is 429 g/mol. The summed E-state index contributed by atoms with van der Waals surface area (Å²) < 4.78 is 17.1. The van der Waals surface area contributed by atoms with Crippen LogP contribution >= 0.6 is 11.3 Å². The Morgan fingerprint density at radius 1 is 1.00 bits per heavy atom. The molecule has 0 aliphatic carbocycles. The van der Waals surface area contributed by atoms with E-state index in [0.29, 0.717) is 37.6 Å². The number of thiazole rings is 1. The molecule has 30 heavy (non-hydrogen) atoms. The Hall–Kier alpha value is -3.20. The predicted molar refractivity (Wildman–Crippen MR) is 119 cm³/mol. The van der Waals surface area contributed by atoms with Crippen molar-refractivity contribution in [3.05, 3.63) is 36.4 Å². The number of hydrogen-bond acceptors (Lipinski definition) is 7. The molecule has 0 spiro atoms. The van der Waals surface area contributed by atoms with Crippen LogP contribution in [0.5, 0.6) is 17.2 Å². The van der Waals surface area contributed by atoms with Crippen molar-refractivity contribution in [3.8, 4) is 17.2 Å². The van der Waals surface area contributed by atoms with E-state index in [2.05, 4.69) is 10.2 Å². The maximum absolute atomic E-state index is 12.6. The minimum Gasteiger partial charge on any atom is -0.497 e. The van der Waals surface area contributed by atoms with Crippen molar-refractivity contribution in [1.82, 2.24) is 9.88 Å². The summed E-state index contributed by atoms with van der Waals surface area (Å²) in [6, 6.07) is 11.0. The molecule has 2 aromatic carbocycles. The van der Waals surface area contributed by atoms with Gasteiger partial charge in [-0.25, -0.2) is 9.78 Å². The van der Waals surface area contributed by atoms with Crippen molar-refractivity contribution in [1.29, 1.82) is 0 Å². The molecular weight excluding hydrogens is 404 g/mol. The van der Waals surface area contributed by atoms with Crippen LogP contribution in [0.4, 0.5) is 15.6 Å². The molecule has 0 atom stereocenters. The molecule has 1 saturated heterocycles. The quantitative estimate of drug-likeness (QED) is 0.668. The molecular formula is C21H24N4O4S. The van der Waals surface area contributed by atoms with Crippen LogP contribution in [0.1, 0.15) is 0 Å². The van der Waals surface area contributed by atoms with Gasteiger partial charge in [0.05, 0.1) is 21.3 Å². The number of benzene rings is 2. The fraction of sp³-hybridized carbons (Fsp3) is 0.333. The van der Waals surface area contributed by atoms with Crippen molar-refractivity contribution < 1.29 is 19.0 Å². The Balaban J connectivity index is 1.43. The van der Waals surface area contributed by atoms with E-state index < -0.39 is 0 Å². The Bertz CT molecular complexity index is 1010. The van der Waals surface area contributed by atoms with E-state index in [4.69, 9.17) is 19.2 Å². The summed E-state index contributed by atoms with van der Waals surface area (Å²) in [6.07, 6.45) is 0. The molecule has 158 valence electrons. The normalized spacial score (nSPS) is 14.0. The van der Waals surface area contributed by atoms with Crippen LogP contribution in [-0.2, 0) is 0 Å². The molecule has 1 N–H and O–H groups in total. The number of anilines is 2. The van der Waals surface area contributed by atoms with Gasteiger partial charge >= 0.3 is 6.03 Å². The van der Waals surface area contributed by atoms with Crippen LogP contribution in [0.25, 0.3) is 10.2 Å². The van der Waals surface area contributed by atoms with Gasteiger partial charge in [0.2, 0.25) is 0 Å². The third-order valence-corrected chi connectivity index (χ3v) is 6.19. The number of fused-ring (bicyclic) bond motifs is 1. The van der Waals surface area contributed by atoms with E-state index in [1.165, 1.54) is 0 Å². The third-order valence-electron chi connectivity index (χ3n) is 5.06. The Morgan fingerprint density at radius 3 is 2.43 bits per heavy atom. The lowest BCUT2D eigenvalue weighted by Crippen LogP contribution is -2.50. The third kappa shape index (κ3) is 3.93. The molecule has 2 heterocycles. The molecule has 9 heteroatoms. The molecule has 1 aliphatic rings. The number of urea groups is 1. The summed E-state index contributed by atoms with van der Waals surface area (Å²) in [6.45, 7) is 2.63. The Kier molecular flexibility index (Phi) is 5.80. The maximum atomic E-state index is 12.6. The maximum Gasteiger partial charge on any atom is 0.321 e. The van der Waals surface area contributed by atoms with Gasteiger partial charge < -0.3 is 29.3 Å². The smallest absolute Gasteiger partial charge is 0.321 e. The fourth-order valence-corrected chi connectivity index (χ4v) is 4.54. The number of nitrogens with zero attached hydrogens (tertiary/aromatic N) is 3. The number of rotatable bonds is 5. The van der Waals surface area contributed by atoms with Crippen molar-refractivity contribution >= 4 is 38.4 Å². The highest BCUT2D eigenvalue weighted by Gasteiger charge is 2.24. The van der Waals surface area contributed by atoms with Crippen LogP contribution < -0.4 is 24.4 Å². The zero-order valence-corrected chi connectivity index (χ0v) is 18.0. The van der Waals surface area contributed by atoms with Crippen LogP contribution in [0, 0.1) is 0 Å². The summed E-state index contributed by atoms with van der Waals surface area (Å²) in [5.41, 5.74) is 1.52. The van der Waals surface area contributed by atoms with Gasteiger partial charge in [-0.15, -0.1) is 0 Å². The second-order valence-electron chi connectivity index (χ2n) is 6.78. The van der Waals surface area contributed by atoms with Crippen LogP contribution in [0.15, 0.2) is 36.4 Å². The van der Waals surface area contributed by atoms with Gasteiger partial charge in [0.1, 0.15) is 27.5 Å². The highest BCUT2D eigenvalue weighted by atomic mass is 32.1. The minimum absolute atomic E-state index is 0.115. The van der Waals surface area contributed by atoms with Crippen LogP contribution in [0.2, 0.25) is 0 Å². The van der Waals surface area contributed by atoms with Crippen molar-refractivity contribution in [2.45, 2.75) is 0 Å². The lowest BCUT2D eigenvalue weighted by Gasteiger charge is -2.34. The van der Waals surface area contributed by atoms with Gasteiger partial charge in [-0.2, -0.15) is 0 Å². The summed E-state index contributed by atoms with van der Waals surface area (Å²) >= 11 is 1.58. The molecule has 4 rings (SSSR count). The van der Waals surface area contributed by atoms with Gasteiger partial charge in [-0.05, 0) is 24.3 Å². The van der Waals surface area contributed by atoms with Gasteiger partial charge in [0.25, 0.3) is 0 Å². The molecule has 0 radical (unpaired) electrons. The number of nitrogens with one attached hydrogen (secondary N) is 1. The molecule has 0 bridgehead atoms. The van der Waals surface area contributed by atoms with E-state index in [1.54, 1.807) is 38.7 Å². The van der Waals surface area contributed by atoms with Gasteiger partial charge in [-0.1, -0.05) is 17.4 Å². The van der Waals surface area contributed by atoms with E-state index in [9.17, 15) is 4.79 Å². The number of carbonyl (C=O) groups is 1. The molecule has 0 saturated carbocycles. The predicted octanol–water partition coefficient (Wildman–Crippen LogP) is 3.68. The number of amides is 2. The molecule has 8 nitrogen and oxygen atoms in total. The number of hydrogen-bond donors (Lipinski definition) is 1. The number of ether oxygens (including phenoxy) is 3. The first-order chi connectivity index (χ1) is 14.6. The standard InChI is InChI=1S/C21H24N4O4S/c1-27-15-6-4-5-14(13-15)22-20(26)24-9-11-25(12-10-24)21-23-18-16(28-2)7-8-17(29-3)19(18)30-21/h4-8,13H,9-12H2,1-3H3,(H,22,26). The first-order valence-electron chi connectivity index (χ1n) is 9.59. The summed E-state index contributed by atoms with van der Waals surface area (Å²) in [5, 5.41) is 3.84. The molecule has 1 aliphatic heterocycles. The minimum atomic E-state index is -0.115. The summed E-state index contributed by atoms with van der Waals surface area (Å²) in [5.74, 6) is 2.22. The van der Waals surface area contributed by atoms with Gasteiger partial charge in [-0.3, -0.25) is 0 Å². The zero-order chi connectivity index (χ0) is 21.1. The van der Waals surface area contributed by atoms with Crippen molar-refractivity contribution in [3.63, 3.8) is 0 Å². The average Bonchev–Trinajstić information content (AvgIpc) is 3.24. The van der Waals surface area contributed by atoms with Crippen LogP contribution in [0.3, 0.4) is 0 Å². The second kappa shape index (κ2) is 8.66. The van der Waals surface area contributed by atoms with E-state index >= 15 is 0 Å². The number of methoxy groups -OCH3 is 3. The molecule has 2 amide bonds. The first-order valence-corrected chi connectivity index (χ1v) is 10.4. The van der Waals surface area contributed by atoms with Gasteiger partial charge in [0, 0.05) is 37.9 Å². The highest BCUT2D eigenvalue weighted by Crippen LogP contribution is 2.40. The van der Waals surface area contributed by atoms with Crippen molar-refractivity contribution in [2.24, 2.45) is 0 Å². The first kappa shape index (κ1) is 20.1. The lowest BCUT2D eigenvalue weighted by molar-refractivity contribution is 0.208. The van der Waals surface area contributed by atoms with Gasteiger partial charge in [0.15, 0.2) is 5.13 Å². The monoisotopic (exact) mass is 428 g/mol. The topological polar surface area (TPSA) is 76.2 Å². The Morgan fingerprint density at radius 2 is 1.73 bits per heavy atom. The highest BCUT2D eigenvalue weighted by molar-refractivity contribution is 7.22. The largest absolute Gasteiger partial charge is 0.497 e. The molecule has 1 aromatic heterocycles. The van der Waals surface area contributed by atoms with Crippen LogP contribution in [-0.4, -0.2) is 63.4 Å². The number of aromatic nitrogens is 1. The lowest BCUT2D eigenvalue weighted by atomic mass is 10.3. The zero-order valence-electron chi connectivity index (χ0n) is 17.2. The van der Waals surface area contributed by atoms with E-state index in [1.807, 2.05) is 35.2 Å². The SMILES string of the molecule is COc1cccc(NC(=O)N2CCN(c3nc4c(OC)ccc(OC)c4s3)CC2)c1. The molecule has 0 unspecified atom stereocenters. The number of carbonyl (C=O) groups excluding carboxylic acids is 1. The molecule has 1 fully saturated rings. The summed E-state index contributed by atoms with van der Waals surface area (Å²) in [7, 11) is 4.90. The fourth-order valence-electron chi connectivity index (χ4n) is 3.41. The van der Waals surface area contributed by atoms with E-state index in [0.717, 1.165) is 26.8 Å². The molecule has 3 aromatic rings. The number of piperazine rings is 1.